The molecule has 0 aliphatic heterocycles. The zero-order valence-corrected chi connectivity index (χ0v) is 24.0. The van der Waals surface area contributed by atoms with Crippen LogP contribution in [0.1, 0.15) is 5.56 Å². The lowest BCUT2D eigenvalue weighted by atomic mass is 10.2. The molecule has 2 N–H and O–H groups in total. The Labute approximate surface area is 236 Å². The molecule has 0 heterocycles. The number of carbonyl (C=O) groups is 1. The first-order chi connectivity index (χ1) is 18.0. The average Bonchev–Trinajstić information content (AvgIpc) is 2.88. The van der Waals surface area contributed by atoms with E-state index in [9.17, 15) is 21.6 Å². The number of sulfonamides is 2. The number of benzene rings is 4. The van der Waals surface area contributed by atoms with Crippen molar-refractivity contribution in [3.05, 3.63) is 112 Å². The van der Waals surface area contributed by atoms with Gasteiger partial charge in [-0.05, 0) is 108 Å². The summed E-state index contributed by atoms with van der Waals surface area (Å²) in [5, 5.41) is 2.65. The SMILES string of the molecule is Cc1cccc(NS(=O)(=O)c2ccc(NC(=O)CN(c3ccc(I)cc3)S(=O)(=O)c3ccccc3)cc2)c1. The summed E-state index contributed by atoms with van der Waals surface area (Å²) in [5.74, 6) is -0.587. The van der Waals surface area contributed by atoms with Gasteiger partial charge >= 0.3 is 0 Å². The topological polar surface area (TPSA) is 113 Å². The van der Waals surface area contributed by atoms with Crippen molar-refractivity contribution < 1.29 is 21.6 Å². The van der Waals surface area contributed by atoms with Crippen molar-refractivity contribution in [2.24, 2.45) is 0 Å². The smallest absolute Gasteiger partial charge is 0.264 e. The van der Waals surface area contributed by atoms with E-state index in [2.05, 4.69) is 32.6 Å². The highest BCUT2D eigenvalue weighted by atomic mass is 127. The van der Waals surface area contributed by atoms with Crippen LogP contribution in [0.2, 0.25) is 0 Å². The van der Waals surface area contributed by atoms with Crippen molar-refractivity contribution >= 4 is 65.6 Å². The third-order valence-electron chi connectivity index (χ3n) is 5.45. The maximum absolute atomic E-state index is 13.4. The van der Waals surface area contributed by atoms with Crippen molar-refractivity contribution in [2.45, 2.75) is 16.7 Å². The molecule has 0 saturated carbocycles. The number of hydrogen-bond donors (Lipinski definition) is 2. The number of carbonyl (C=O) groups excluding carboxylic acids is 1. The largest absolute Gasteiger partial charge is 0.325 e. The molecule has 0 spiro atoms. The Kier molecular flexibility index (Phi) is 8.38. The number of nitrogens with zero attached hydrogens (tertiary/aromatic N) is 1. The summed E-state index contributed by atoms with van der Waals surface area (Å²) in [6.07, 6.45) is 0. The van der Waals surface area contributed by atoms with Crippen LogP contribution in [0.25, 0.3) is 0 Å². The molecule has 11 heteroatoms. The number of amides is 1. The van der Waals surface area contributed by atoms with E-state index in [1.807, 2.05) is 13.0 Å². The molecule has 196 valence electrons. The zero-order chi connectivity index (χ0) is 27.3. The Balaban J connectivity index is 1.52. The molecule has 0 atom stereocenters. The Morgan fingerprint density at radius 3 is 2.05 bits per heavy atom. The number of hydrogen-bond acceptors (Lipinski definition) is 5. The predicted molar refractivity (Wildman–Crippen MR) is 157 cm³/mol. The van der Waals surface area contributed by atoms with E-state index in [0.717, 1.165) is 13.4 Å². The highest BCUT2D eigenvalue weighted by molar-refractivity contribution is 14.1. The van der Waals surface area contributed by atoms with Crippen molar-refractivity contribution in [3.8, 4) is 0 Å². The Hall–Kier alpha value is -3.42. The highest BCUT2D eigenvalue weighted by Crippen LogP contribution is 2.25. The molecule has 0 saturated heterocycles. The van der Waals surface area contributed by atoms with Gasteiger partial charge in [0.05, 0.1) is 15.5 Å². The summed E-state index contributed by atoms with van der Waals surface area (Å²) < 4.78 is 56.8. The maximum Gasteiger partial charge on any atom is 0.264 e. The number of rotatable bonds is 9. The first kappa shape index (κ1) is 27.6. The van der Waals surface area contributed by atoms with E-state index in [1.165, 1.54) is 36.4 Å². The van der Waals surface area contributed by atoms with Gasteiger partial charge < -0.3 is 5.32 Å². The molecule has 0 aliphatic carbocycles. The van der Waals surface area contributed by atoms with Crippen LogP contribution in [0.3, 0.4) is 0 Å². The lowest BCUT2D eigenvalue weighted by Gasteiger charge is -2.24. The van der Waals surface area contributed by atoms with Gasteiger partial charge in [0, 0.05) is 14.9 Å². The third-order valence-corrected chi connectivity index (χ3v) is 9.36. The Morgan fingerprint density at radius 1 is 0.763 bits per heavy atom. The maximum atomic E-state index is 13.4. The molecule has 0 unspecified atom stereocenters. The van der Waals surface area contributed by atoms with E-state index >= 15 is 0 Å². The summed E-state index contributed by atoms with van der Waals surface area (Å²) in [6, 6.07) is 27.3. The van der Waals surface area contributed by atoms with Gasteiger partial charge in [-0.25, -0.2) is 16.8 Å². The molecule has 0 fully saturated rings. The standard InChI is InChI=1S/C27H24IN3O5S2/c1-20-6-5-7-23(18-20)30-37(33,34)25-16-12-22(13-17-25)29-27(32)19-31(24-14-10-21(28)11-15-24)38(35,36)26-8-3-2-4-9-26/h2-18,30H,19H2,1H3,(H,29,32). The molecule has 8 nitrogen and oxygen atoms in total. The fourth-order valence-corrected chi connectivity index (χ4v) is 6.46. The van der Waals surface area contributed by atoms with Gasteiger partial charge in [0.1, 0.15) is 6.54 Å². The molecule has 4 aromatic rings. The van der Waals surface area contributed by atoms with Crippen LogP contribution in [0.4, 0.5) is 17.1 Å². The van der Waals surface area contributed by atoms with Crippen LogP contribution in [-0.4, -0.2) is 29.3 Å². The molecular formula is C27H24IN3O5S2. The van der Waals surface area contributed by atoms with Crippen molar-refractivity contribution in [2.75, 3.05) is 20.9 Å². The number of halogens is 1. The Morgan fingerprint density at radius 2 is 1.42 bits per heavy atom. The minimum Gasteiger partial charge on any atom is -0.325 e. The van der Waals surface area contributed by atoms with E-state index in [-0.39, 0.29) is 9.79 Å². The van der Waals surface area contributed by atoms with Gasteiger partial charge in [0.2, 0.25) is 5.91 Å². The second kappa shape index (κ2) is 11.5. The monoisotopic (exact) mass is 661 g/mol. The van der Waals surface area contributed by atoms with E-state index < -0.39 is 32.5 Å². The minimum absolute atomic E-state index is 0.0178. The van der Waals surface area contributed by atoms with Crippen molar-refractivity contribution in [1.29, 1.82) is 0 Å². The first-order valence-corrected chi connectivity index (χ1v) is 15.4. The third kappa shape index (κ3) is 6.71. The summed E-state index contributed by atoms with van der Waals surface area (Å²) >= 11 is 2.11. The van der Waals surface area contributed by atoms with Crippen LogP contribution in [0.5, 0.6) is 0 Å². The minimum atomic E-state index is -4.03. The normalized spacial score (nSPS) is 11.5. The van der Waals surface area contributed by atoms with Gasteiger partial charge in [-0.15, -0.1) is 0 Å². The van der Waals surface area contributed by atoms with Crippen LogP contribution in [0, 0.1) is 10.5 Å². The fourth-order valence-electron chi connectivity index (χ4n) is 3.61. The van der Waals surface area contributed by atoms with Gasteiger partial charge in [0.15, 0.2) is 0 Å². The number of aryl methyl sites for hydroxylation is 1. The predicted octanol–water partition coefficient (Wildman–Crippen LogP) is 5.23. The molecule has 0 bridgehead atoms. The van der Waals surface area contributed by atoms with Crippen molar-refractivity contribution in [3.63, 3.8) is 0 Å². The summed E-state index contributed by atoms with van der Waals surface area (Å²) in [6.45, 7) is 1.38. The molecule has 38 heavy (non-hydrogen) atoms. The van der Waals surface area contributed by atoms with Crippen LogP contribution < -0.4 is 14.3 Å². The second-order valence-electron chi connectivity index (χ2n) is 8.35. The van der Waals surface area contributed by atoms with Crippen LogP contribution in [-0.2, 0) is 24.8 Å². The van der Waals surface area contributed by atoms with E-state index in [1.54, 1.807) is 60.7 Å². The van der Waals surface area contributed by atoms with Gasteiger partial charge in [-0.1, -0.05) is 30.3 Å². The summed E-state index contributed by atoms with van der Waals surface area (Å²) in [4.78, 5) is 13.0. The van der Waals surface area contributed by atoms with Crippen molar-refractivity contribution in [1.82, 2.24) is 0 Å². The average molecular weight is 662 g/mol. The fraction of sp³-hybridized carbons (Fsp3) is 0.0741. The summed E-state index contributed by atoms with van der Waals surface area (Å²) in [7, 11) is -7.87. The molecule has 1 amide bonds. The zero-order valence-electron chi connectivity index (χ0n) is 20.2. The highest BCUT2D eigenvalue weighted by Gasteiger charge is 2.27. The lowest BCUT2D eigenvalue weighted by Crippen LogP contribution is -2.38. The quantitative estimate of drug-likeness (QED) is 0.239. The molecule has 0 radical (unpaired) electrons. The second-order valence-corrected chi connectivity index (χ2v) is 13.1. The number of anilines is 3. The number of nitrogens with one attached hydrogen (secondary N) is 2. The molecular weight excluding hydrogens is 637 g/mol. The Bertz CT molecular complexity index is 1640. The molecule has 4 aromatic carbocycles. The lowest BCUT2D eigenvalue weighted by molar-refractivity contribution is -0.114. The summed E-state index contributed by atoms with van der Waals surface area (Å²) in [5.41, 5.74) is 2.02. The molecule has 4 rings (SSSR count). The van der Waals surface area contributed by atoms with Gasteiger partial charge in [-0.2, -0.15) is 0 Å². The van der Waals surface area contributed by atoms with Gasteiger partial charge in [0.25, 0.3) is 20.0 Å². The first-order valence-electron chi connectivity index (χ1n) is 11.4. The molecule has 0 aliphatic rings. The van der Waals surface area contributed by atoms with Crippen LogP contribution >= 0.6 is 22.6 Å². The van der Waals surface area contributed by atoms with Gasteiger partial charge in [-0.3, -0.25) is 13.8 Å². The van der Waals surface area contributed by atoms with Crippen LogP contribution in [0.15, 0.2) is 113 Å². The van der Waals surface area contributed by atoms with E-state index in [0.29, 0.717) is 17.1 Å². The molecule has 0 aromatic heterocycles. The van der Waals surface area contributed by atoms with E-state index in [4.69, 9.17) is 0 Å².